The Hall–Kier alpha value is -3.67. The molecule has 5 rings (SSSR count). The Morgan fingerprint density at radius 2 is 1.88 bits per heavy atom. The van der Waals surface area contributed by atoms with Gasteiger partial charge in [-0.05, 0) is 53.8 Å². The molecular formula is C26H25N5O2S. The molecule has 2 atom stereocenters. The second kappa shape index (κ2) is 7.97. The molecule has 0 bridgehead atoms. The van der Waals surface area contributed by atoms with E-state index in [9.17, 15) is 15.2 Å². The van der Waals surface area contributed by atoms with Crippen molar-refractivity contribution in [3.05, 3.63) is 76.5 Å². The quantitative estimate of drug-likeness (QED) is 0.608. The summed E-state index contributed by atoms with van der Waals surface area (Å²) < 4.78 is 0. The Morgan fingerprint density at radius 1 is 1.15 bits per heavy atom. The molecule has 34 heavy (non-hydrogen) atoms. The summed E-state index contributed by atoms with van der Waals surface area (Å²) in [6, 6.07) is 21.4. The Labute approximate surface area is 202 Å². The molecule has 8 heteroatoms. The summed E-state index contributed by atoms with van der Waals surface area (Å²) in [5.74, 6) is -0.908. The number of β-amino-alcohol motifs (C(OH)–C–C–N with tert-alkyl or cyclic N) is 1. The van der Waals surface area contributed by atoms with Crippen LogP contribution in [0.5, 0.6) is 0 Å². The lowest BCUT2D eigenvalue weighted by molar-refractivity contribution is -0.151. The number of anilines is 1. The minimum Gasteiger partial charge on any atom is -0.385 e. The van der Waals surface area contributed by atoms with Gasteiger partial charge in [-0.25, -0.2) is 4.99 Å². The molecule has 0 radical (unpaired) electrons. The van der Waals surface area contributed by atoms with Gasteiger partial charge in [0, 0.05) is 30.7 Å². The van der Waals surface area contributed by atoms with Gasteiger partial charge in [-0.3, -0.25) is 9.69 Å². The molecule has 0 spiro atoms. The molecule has 1 saturated heterocycles. The zero-order valence-electron chi connectivity index (χ0n) is 19.0. The van der Waals surface area contributed by atoms with Crippen LogP contribution in [0.3, 0.4) is 0 Å². The maximum absolute atomic E-state index is 13.5. The molecule has 2 aliphatic heterocycles. The molecule has 1 fully saturated rings. The number of nitriles is 1. The van der Waals surface area contributed by atoms with Gasteiger partial charge in [0.05, 0.1) is 11.6 Å². The van der Waals surface area contributed by atoms with Crippen LogP contribution in [0.2, 0.25) is 0 Å². The zero-order chi connectivity index (χ0) is 24.1. The summed E-state index contributed by atoms with van der Waals surface area (Å²) in [6.45, 7) is 2.53. The van der Waals surface area contributed by atoms with Crippen molar-refractivity contribution < 1.29 is 9.90 Å². The first-order valence-electron chi connectivity index (χ1n) is 11.0. The number of thiophene rings is 1. The third-order valence-electron chi connectivity index (χ3n) is 6.84. The van der Waals surface area contributed by atoms with Crippen molar-refractivity contribution in [2.45, 2.75) is 18.1 Å². The number of nitrogens with zero attached hydrogens (tertiary/aromatic N) is 4. The van der Waals surface area contributed by atoms with Crippen LogP contribution in [0.4, 0.5) is 5.69 Å². The maximum Gasteiger partial charge on any atom is 0.238 e. The van der Waals surface area contributed by atoms with Crippen molar-refractivity contribution in [3.8, 4) is 17.2 Å². The summed E-state index contributed by atoms with van der Waals surface area (Å²) in [4.78, 5) is 22.5. The van der Waals surface area contributed by atoms with E-state index in [0.29, 0.717) is 18.7 Å². The van der Waals surface area contributed by atoms with Gasteiger partial charge in [0.1, 0.15) is 17.1 Å². The number of hydrogen-bond acceptors (Lipinski definition) is 7. The predicted molar refractivity (Wildman–Crippen MR) is 133 cm³/mol. The predicted octanol–water partition coefficient (Wildman–Crippen LogP) is 3.16. The average molecular weight is 472 g/mol. The highest BCUT2D eigenvalue weighted by molar-refractivity contribution is 7.10. The van der Waals surface area contributed by atoms with Crippen LogP contribution >= 0.6 is 11.3 Å². The number of hydrogen-bond donors (Lipinski definition) is 2. The fourth-order valence-electron chi connectivity index (χ4n) is 5.01. The molecule has 1 amide bonds. The highest BCUT2D eigenvalue weighted by atomic mass is 32.1. The molecule has 7 nitrogen and oxygen atoms in total. The van der Waals surface area contributed by atoms with Crippen LogP contribution in [0.25, 0.3) is 11.1 Å². The Kier molecular flexibility index (Phi) is 5.19. The molecule has 1 unspecified atom stereocenters. The number of aliphatic imine (C=N–C) groups is 1. The number of carbonyl (C=O) groups is 1. The monoisotopic (exact) mass is 471 g/mol. The van der Waals surface area contributed by atoms with E-state index < -0.39 is 17.1 Å². The molecule has 172 valence electrons. The third-order valence-corrected chi connectivity index (χ3v) is 8.00. The number of benzene rings is 2. The first kappa shape index (κ1) is 22.1. The molecule has 2 aliphatic rings. The number of nitrogens with two attached hydrogens (primary N) is 1. The number of amides is 1. The molecule has 3 heterocycles. The summed E-state index contributed by atoms with van der Waals surface area (Å²) >= 11 is 1.48. The van der Waals surface area contributed by atoms with Crippen LogP contribution in [0.1, 0.15) is 17.4 Å². The van der Waals surface area contributed by atoms with E-state index in [1.54, 1.807) is 13.1 Å². The van der Waals surface area contributed by atoms with Gasteiger partial charge < -0.3 is 15.7 Å². The van der Waals surface area contributed by atoms with E-state index in [1.165, 1.54) is 16.2 Å². The van der Waals surface area contributed by atoms with Crippen LogP contribution in [0, 0.1) is 17.2 Å². The molecule has 0 aliphatic carbocycles. The molecule has 1 aromatic heterocycles. The third kappa shape index (κ3) is 3.45. The van der Waals surface area contributed by atoms with Crippen LogP contribution < -0.4 is 10.6 Å². The summed E-state index contributed by atoms with van der Waals surface area (Å²) in [5.41, 5.74) is 7.30. The number of guanidine groups is 1. The molecular weight excluding hydrogens is 446 g/mol. The lowest BCUT2D eigenvalue weighted by Gasteiger charge is -2.56. The fraction of sp³-hybridized carbons (Fsp3) is 0.269. The van der Waals surface area contributed by atoms with E-state index in [1.807, 2.05) is 66.9 Å². The maximum atomic E-state index is 13.5. The second-order valence-corrected chi connectivity index (χ2v) is 10.0. The van der Waals surface area contributed by atoms with E-state index in [0.717, 1.165) is 21.7 Å². The minimum atomic E-state index is -1.26. The first-order chi connectivity index (χ1) is 16.2. The van der Waals surface area contributed by atoms with Gasteiger partial charge in [-0.1, -0.05) is 30.3 Å². The minimum absolute atomic E-state index is 0.132. The highest BCUT2D eigenvalue weighted by Gasteiger charge is 2.61. The first-order valence-corrected chi connectivity index (χ1v) is 11.9. The van der Waals surface area contributed by atoms with Crippen molar-refractivity contribution in [3.63, 3.8) is 0 Å². The lowest BCUT2D eigenvalue weighted by atomic mass is 9.68. The molecule has 3 aromatic rings. The largest absolute Gasteiger partial charge is 0.385 e. The van der Waals surface area contributed by atoms with Crippen molar-refractivity contribution in [2.75, 3.05) is 25.0 Å². The smallest absolute Gasteiger partial charge is 0.238 e. The standard InChI is InChI=1S/C26H25N5O2S/c1-25(21-12-19(14-34-21)18-8-6-7-17(11-18)13-27)22(23(32)30(2)24(28)29-25)26(33)15-31(16-26)20-9-4-3-5-10-20/h3-12,14,22,33H,15-16H2,1-2H3,(H2,28,29)/t22?,25-/m1/s1. The van der Waals surface area contributed by atoms with Crippen molar-refractivity contribution in [2.24, 2.45) is 16.6 Å². The van der Waals surface area contributed by atoms with E-state index >= 15 is 0 Å². The van der Waals surface area contributed by atoms with Crippen LogP contribution in [0.15, 0.2) is 71.0 Å². The summed E-state index contributed by atoms with van der Waals surface area (Å²) in [6.07, 6.45) is 0. The van der Waals surface area contributed by atoms with Crippen molar-refractivity contribution in [1.29, 1.82) is 5.26 Å². The zero-order valence-corrected chi connectivity index (χ0v) is 19.8. The number of aliphatic hydroxyl groups is 1. The van der Waals surface area contributed by atoms with Crippen LogP contribution in [-0.2, 0) is 10.3 Å². The normalized spacial score (nSPS) is 23.8. The Bertz CT molecular complexity index is 1320. The van der Waals surface area contributed by atoms with Crippen molar-refractivity contribution >= 4 is 28.9 Å². The van der Waals surface area contributed by atoms with Gasteiger partial charge in [-0.15, -0.1) is 11.3 Å². The number of carbonyl (C=O) groups excluding carboxylic acids is 1. The molecule has 0 saturated carbocycles. The van der Waals surface area contributed by atoms with Crippen LogP contribution in [-0.4, -0.2) is 47.6 Å². The van der Waals surface area contributed by atoms with E-state index in [4.69, 9.17) is 10.7 Å². The van der Waals surface area contributed by atoms with Crippen molar-refractivity contribution in [1.82, 2.24) is 4.90 Å². The van der Waals surface area contributed by atoms with Gasteiger partial charge in [-0.2, -0.15) is 5.26 Å². The lowest BCUT2D eigenvalue weighted by Crippen LogP contribution is -2.73. The SMILES string of the molecule is CN1C(=O)C(C2(O)CN(c3ccccc3)C2)[C@@](C)(c2cc(-c3cccc(C#N)c3)cs2)N=C1N. The number of para-hydroxylation sites is 1. The highest BCUT2D eigenvalue weighted by Crippen LogP contribution is 2.49. The second-order valence-electron chi connectivity index (χ2n) is 9.14. The summed E-state index contributed by atoms with van der Waals surface area (Å²) in [5, 5.41) is 22.9. The van der Waals surface area contributed by atoms with E-state index in [2.05, 4.69) is 11.0 Å². The van der Waals surface area contributed by atoms with Gasteiger partial charge >= 0.3 is 0 Å². The topological polar surface area (TPSA) is 106 Å². The average Bonchev–Trinajstić information content (AvgIpc) is 3.33. The molecule has 3 N–H and O–H groups in total. The van der Waals surface area contributed by atoms with Gasteiger partial charge in [0.2, 0.25) is 5.91 Å². The van der Waals surface area contributed by atoms with E-state index in [-0.39, 0.29) is 11.9 Å². The van der Waals surface area contributed by atoms with Gasteiger partial charge in [0.25, 0.3) is 0 Å². The van der Waals surface area contributed by atoms with Gasteiger partial charge in [0.15, 0.2) is 5.96 Å². The Balaban J connectivity index is 1.52. The fourth-order valence-corrected chi connectivity index (χ4v) is 6.07. The Morgan fingerprint density at radius 3 is 2.59 bits per heavy atom. The molecule has 2 aromatic carbocycles. The number of rotatable bonds is 4. The summed E-state index contributed by atoms with van der Waals surface area (Å²) in [7, 11) is 1.60.